The van der Waals surface area contributed by atoms with Gasteiger partial charge in [-0.2, -0.15) is 11.8 Å². The fourth-order valence-corrected chi connectivity index (χ4v) is 3.06. The highest BCUT2D eigenvalue weighted by Crippen LogP contribution is 2.29. The molecule has 1 fully saturated rings. The third kappa shape index (κ3) is 5.17. The van der Waals surface area contributed by atoms with Gasteiger partial charge in [0.1, 0.15) is 0 Å². The Balaban J connectivity index is 2.39. The molecule has 4 nitrogen and oxygen atoms in total. The molecule has 2 amide bonds. The normalized spacial score (nSPS) is 19.8. The Labute approximate surface area is 108 Å². The van der Waals surface area contributed by atoms with E-state index in [1.165, 1.54) is 0 Å². The van der Waals surface area contributed by atoms with Crippen molar-refractivity contribution >= 4 is 17.8 Å². The number of ether oxygens (including phenoxy) is 1. The molecule has 0 radical (unpaired) electrons. The van der Waals surface area contributed by atoms with E-state index in [-0.39, 0.29) is 17.2 Å². The average molecular weight is 260 g/mol. The molecule has 0 aliphatic carbocycles. The van der Waals surface area contributed by atoms with Gasteiger partial charge in [0.2, 0.25) is 0 Å². The van der Waals surface area contributed by atoms with Gasteiger partial charge >= 0.3 is 6.03 Å². The molecule has 2 N–H and O–H groups in total. The monoisotopic (exact) mass is 260 g/mol. The molecule has 1 aliphatic heterocycles. The summed E-state index contributed by atoms with van der Waals surface area (Å²) in [5.41, 5.74) is -0.368. The summed E-state index contributed by atoms with van der Waals surface area (Å²) in [5.74, 6) is 2.22. The molecule has 1 saturated heterocycles. The molecule has 0 aromatic heterocycles. The number of carbonyl (C=O) groups is 1. The van der Waals surface area contributed by atoms with Gasteiger partial charge in [-0.15, -0.1) is 0 Å². The predicted molar refractivity (Wildman–Crippen MR) is 72.6 cm³/mol. The van der Waals surface area contributed by atoms with Gasteiger partial charge in [-0.05, 0) is 45.1 Å². The van der Waals surface area contributed by atoms with E-state index >= 15 is 0 Å². The van der Waals surface area contributed by atoms with Gasteiger partial charge in [-0.3, -0.25) is 0 Å². The molecule has 0 aromatic rings. The van der Waals surface area contributed by atoms with Crippen LogP contribution in [0.2, 0.25) is 0 Å². The van der Waals surface area contributed by atoms with Crippen LogP contribution in [0.5, 0.6) is 0 Å². The highest BCUT2D eigenvalue weighted by atomic mass is 32.2. The molecule has 5 heteroatoms. The molecular weight excluding hydrogens is 236 g/mol. The summed E-state index contributed by atoms with van der Waals surface area (Å²) in [5, 5.41) is 5.81. The van der Waals surface area contributed by atoms with E-state index in [0.717, 1.165) is 24.3 Å². The highest BCUT2D eigenvalue weighted by Gasteiger charge is 2.32. The molecule has 1 aliphatic rings. The molecule has 0 bridgehead atoms. The second-order valence-electron chi connectivity index (χ2n) is 5.56. The summed E-state index contributed by atoms with van der Waals surface area (Å²) in [6.45, 7) is 6.49. The Morgan fingerprint density at radius 1 is 1.35 bits per heavy atom. The Bertz CT molecular complexity index is 258. The van der Waals surface area contributed by atoms with Crippen LogP contribution in [0.3, 0.4) is 0 Å². The van der Waals surface area contributed by atoms with Crippen molar-refractivity contribution in [3.8, 4) is 0 Å². The number of thioether (sulfide) groups is 1. The van der Waals surface area contributed by atoms with Crippen LogP contribution in [-0.2, 0) is 4.74 Å². The number of rotatable bonds is 3. The van der Waals surface area contributed by atoms with Gasteiger partial charge in [0.05, 0.1) is 5.60 Å². The Morgan fingerprint density at radius 2 is 1.94 bits per heavy atom. The summed E-state index contributed by atoms with van der Waals surface area (Å²) in [6.07, 6.45) is 2.01. The van der Waals surface area contributed by atoms with Crippen LogP contribution in [0.4, 0.5) is 4.79 Å². The standard InChI is InChI=1S/C12H24N2O2S/c1-11(2,3)14-10(15)13-9-12(16-4)5-7-17-8-6-12/h5-9H2,1-4H3,(H2,13,14,15). The lowest BCUT2D eigenvalue weighted by Crippen LogP contribution is -2.52. The number of methoxy groups -OCH3 is 1. The van der Waals surface area contributed by atoms with E-state index in [9.17, 15) is 4.79 Å². The van der Waals surface area contributed by atoms with Crippen molar-refractivity contribution in [1.82, 2.24) is 10.6 Å². The second-order valence-corrected chi connectivity index (χ2v) is 6.78. The number of amides is 2. The van der Waals surface area contributed by atoms with Crippen LogP contribution in [0, 0.1) is 0 Å². The summed E-state index contributed by atoms with van der Waals surface area (Å²) in [4.78, 5) is 11.7. The van der Waals surface area contributed by atoms with E-state index in [1.54, 1.807) is 7.11 Å². The van der Waals surface area contributed by atoms with Gasteiger partial charge in [-0.25, -0.2) is 4.79 Å². The SMILES string of the molecule is COC1(CNC(=O)NC(C)(C)C)CCSCC1. The lowest BCUT2D eigenvalue weighted by molar-refractivity contribution is -0.0138. The van der Waals surface area contributed by atoms with E-state index in [2.05, 4.69) is 10.6 Å². The molecule has 0 atom stereocenters. The summed E-state index contributed by atoms with van der Waals surface area (Å²) >= 11 is 1.95. The van der Waals surface area contributed by atoms with E-state index in [4.69, 9.17) is 4.74 Å². The van der Waals surface area contributed by atoms with Crippen molar-refractivity contribution in [3.63, 3.8) is 0 Å². The molecule has 0 aromatic carbocycles. The van der Waals surface area contributed by atoms with Crippen molar-refractivity contribution in [3.05, 3.63) is 0 Å². The number of hydrogen-bond acceptors (Lipinski definition) is 3. The zero-order chi connectivity index (χ0) is 12.9. The molecule has 0 saturated carbocycles. The summed E-state index contributed by atoms with van der Waals surface area (Å²) in [6, 6.07) is -0.118. The first-order valence-corrected chi connectivity index (χ1v) is 7.21. The maximum absolute atomic E-state index is 11.7. The van der Waals surface area contributed by atoms with Crippen LogP contribution in [0.1, 0.15) is 33.6 Å². The Morgan fingerprint density at radius 3 is 2.41 bits per heavy atom. The van der Waals surface area contributed by atoms with Gasteiger partial charge in [0.25, 0.3) is 0 Å². The predicted octanol–water partition coefficient (Wildman–Crippen LogP) is 2.00. The van der Waals surface area contributed by atoms with Crippen molar-refractivity contribution in [2.45, 2.75) is 44.8 Å². The summed E-state index contributed by atoms with van der Waals surface area (Å²) in [7, 11) is 1.74. The van der Waals surface area contributed by atoms with Crippen LogP contribution in [0.15, 0.2) is 0 Å². The zero-order valence-corrected chi connectivity index (χ0v) is 12.1. The second kappa shape index (κ2) is 5.96. The van der Waals surface area contributed by atoms with Crippen molar-refractivity contribution in [2.75, 3.05) is 25.2 Å². The molecule has 17 heavy (non-hydrogen) atoms. The van der Waals surface area contributed by atoms with Gasteiger partial charge < -0.3 is 15.4 Å². The quantitative estimate of drug-likeness (QED) is 0.816. The zero-order valence-electron chi connectivity index (χ0n) is 11.3. The minimum atomic E-state index is -0.202. The van der Waals surface area contributed by atoms with Crippen molar-refractivity contribution < 1.29 is 9.53 Å². The van der Waals surface area contributed by atoms with Gasteiger partial charge in [0, 0.05) is 19.2 Å². The molecule has 0 unspecified atom stereocenters. The number of hydrogen-bond donors (Lipinski definition) is 2. The number of nitrogens with one attached hydrogen (secondary N) is 2. The maximum atomic E-state index is 11.7. The van der Waals surface area contributed by atoms with Crippen LogP contribution >= 0.6 is 11.8 Å². The van der Waals surface area contributed by atoms with Crippen LogP contribution in [-0.4, -0.2) is 42.3 Å². The third-order valence-corrected chi connectivity index (χ3v) is 3.88. The fourth-order valence-electron chi connectivity index (χ4n) is 1.82. The van der Waals surface area contributed by atoms with E-state index < -0.39 is 0 Å². The molecular formula is C12H24N2O2S. The van der Waals surface area contributed by atoms with E-state index in [1.807, 2.05) is 32.5 Å². The lowest BCUT2D eigenvalue weighted by Gasteiger charge is -2.36. The van der Waals surface area contributed by atoms with Crippen LogP contribution < -0.4 is 10.6 Å². The molecule has 1 heterocycles. The average Bonchev–Trinajstić information content (AvgIpc) is 2.25. The first-order valence-electron chi connectivity index (χ1n) is 6.06. The third-order valence-electron chi connectivity index (χ3n) is 2.90. The minimum absolute atomic E-state index is 0.118. The summed E-state index contributed by atoms with van der Waals surface area (Å²) < 4.78 is 5.60. The van der Waals surface area contributed by atoms with Crippen LogP contribution in [0.25, 0.3) is 0 Å². The van der Waals surface area contributed by atoms with Gasteiger partial charge in [0.15, 0.2) is 0 Å². The fraction of sp³-hybridized carbons (Fsp3) is 0.917. The van der Waals surface area contributed by atoms with Crippen molar-refractivity contribution in [2.24, 2.45) is 0 Å². The minimum Gasteiger partial charge on any atom is -0.376 e. The molecule has 1 rings (SSSR count). The number of carbonyl (C=O) groups excluding carboxylic acids is 1. The topological polar surface area (TPSA) is 50.4 Å². The first-order chi connectivity index (χ1) is 7.87. The molecule has 100 valence electrons. The Hall–Kier alpha value is -0.420. The smallest absolute Gasteiger partial charge is 0.315 e. The van der Waals surface area contributed by atoms with Gasteiger partial charge in [-0.1, -0.05) is 0 Å². The highest BCUT2D eigenvalue weighted by molar-refractivity contribution is 7.99. The first kappa shape index (κ1) is 14.6. The largest absolute Gasteiger partial charge is 0.376 e. The molecule has 0 spiro atoms. The van der Waals surface area contributed by atoms with E-state index in [0.29, 0.717) is 6.54 Å². The van der Waals surface area contributed by atoms with Crippen molar-refractivity contribution in [1.29, 1.82) is 0 Å². The lowest BCUT2D eigenvalue weighted by atomic mass is 9.96. The maximum Gasteiger partial charge on any atom is 0.315 e. The Kier molecular flexibility index (Phi) is 5.13. The number of urea groups is 1.